The van der Waals surface area contributed by atoms with Gasteiger partial charge in [0.15, 0.2) is 0 Å². The van der Waals surface area contributed by atoms with Gasteiger partial charge >= 0.3 is 5.69 Å². The van der Waals surface area contributed by atoms with Crippen molar-refractivity contribution in [1.82, 2.24) is 19.3 Å². The Labute approximate surface area is 107 Å². The Morgan fingerprint density at radius 1 is 1.47 bits per heavy atom. The van der Waals surface area contributed by atoms with E-state index in [1.165, 1.54) is 19.3 Å². The van der Waals surface area contributed by atoms with E-state index in [-0.39, 0.29) is 12.5 Å². The average Bonchev–Trinajstić information content (AvgIpc) is 2.76. The van der Waals surface area contributed by atoms with Crippen LogP contribution in [0, 0.1) is 6.92 Å². The molecule has 0 radical (unpaired) electrons. The highest BCUT2D eigenvalue weighted by molar-refractivity contribution is 5.90. The molecule has 1 amide bonds. The number of H-pyrrole nitrogens is 1. The van der Waals surface area contributed by atoms with Gasteiger partial charge in [-0.05, 0) is 6.92 Å². The highest BCUT2D eigenvalue weighted by atomic mass is 16.2. The number of nitrogens with zero attached hydrogens (tertiary/aromatic N) is 3. The van der Waals surface area contributed by atoms with Crippen LogP contribution in [0.2, 0.25) is 0 Å². The molecule has 0 unspecified atom stereocenters. The van der Waals surface area contributed by atoms with E-state index in [1.807, 2.05) is 0 Å². The lowest BCUT2D eigenvalue weighted by molar-refractivity contribution is -0.116. The van der Waals surface area contributed by atoms with Gasteiger partial charge in [-0.2, -0.15) is 5.10 Å². The van der Waals surface area contributed by atoms with Gasteiger partial charge < -0.3 is 5.32 Å². The fraction of sp³-hybridized carbons (Fsp3) is 0.273. The summed E-state index contributed by atoms with van der Waals surface area (Å²) in [5.74, 6) is 0.107. The van der Waals surface area contributed by atoms with Crippen LogP contribution < -0.4 is 16.6 Å². The second-order valence-electron chi connectivity index (χ2n) is 4.10. The zero-order chi connectivity index (χ0) is 14.0. The number of aromatic amines is 1. The molecule has 2 rings (SSSR count). The second kappa shape index (κ2) is 4.92. The number of amides is 1. The van der Waals surface area contributed by atoms with Crippen LogP contribution in [0.3, 0.4) is 0 Å². The van der Waals surface area contributed by atoms with Crippen molar-refractivity contribution in [3.63, 3.8) is 0 Å². The molecule has 0 atom stereocenters. The molecule has 2 aromatic rings. The number of hydrogen-bond acceptors (Lipinski definition) is 4. The number of aromatic nitrogens is 4. The van der Waals surface area contributed by atoms with Crippen molar-refractivity contribution in [2.45, 2.75) is 13.5 Å². The van der Waals surface area contributed by atoms with Crippen LogP contribution in [-0.4, -0.2) is 25.2 Å². The standard InChI is InChI=1S/C11H13N5O3/c1-7-5-12-14-10(7)13-8(17)6-16-4-3-9(18)15(2)11(16)19/h3-5H,6H2,1-2H3,(H2,12,13,14,17). The van der Waals surface area contributed by atoms with Gasteiger partial charge in [-0.1, -0.05) is 0 Å². The van der Waals surface area contributed by atoms with Gasteiger partial charge in [0.2, 0.25) is 5.91 Å². The minimum absolute atomic E-state index is 0.175. The van der Waals surface area contributed by atoms with E-state index in [4.69, 9.17) is 0 Å². The molecular weight excluding hydrogens is 250 g/mol. The van der Waals surface area contributed by atoms with Gasteiger partial charge in [0.1, 0.15) is 12.4 Å². The third-order valence-electron chi connectivity index (χ3n) is 2.67. The van der Waals surface area contributed by atoms with E-state index in [2.05, 4.69) is 15.5 Å². The first-order valence-corrected chi connectivity index (χ1v) is 5.55. The molecular formula is C11H13N5O3. The lowest BCUT2D eigenvalue weighted by Gasteiger charge is -2.07. The smallest absolute Gasteiger partial charge is 0.309 e. The number of nitrogens with one attached hydrogen (secondary N) is 2. The summed E-state index contributed by atoms with van der Waals surface area (Å²) in [6.07, 6.45) is 2.87. The number of carbonyl (C=O) groups excluding carboxylic acids is 1. The Hall–Kier alpha value is -2.64. The molecule has 0 spiro atoms. The fourth-order valence-electron chi connectivity index (χ4n) is 1.54. The topological polar surface area (TPSA) is 102 Å². The van der Waals surface area contributed by atoms with E-state index in [1.54, 1.807) is 13.1 Å². The molecule has 0 aliphatic carbocycles. The largest absolute Gasteiger partial charge is 0.331 e. The van der Waals surface area contributed by atoms with Crippen molar-refractivity contribution in [2.75, 3.05) is 5.32 Å². The minimum Gasteiger partial charge on any atom is -0.309 e. The molecule has 0 aliphatic rings. The molecule has 0 aromatic carbocycles. The molecule has 0 saturated carbocycles. The molecule has 0 saturated heterocycles. The SMILES string of the molecule is Cc1cn[nH]c1NC(=O)Cn1ccc(=O)n(C)c1=O. The third kappa shape index (κ3) is 2.62. The van der Waals surface area contributed by atoms with E-state index >= 15 is 0 Å². The second-order valence-corrected chi connectivity index (χ2v) is 4.10. The predicted molar refractivity (Wildman–Crippen MR) is 67.9 cm³/mol. The number of rotatable bonds is 3. The molecule has 19 heavy (non-hydrogen) atoms. The summed E-state index contributed by atoms with van der Waals surface area (Å²) in [5.41, 5.74) is -0.156. The maximum absolute atomic E-state index is 11.8. The third-order valence-corrected chi connectivity index (χ3v) is 2.67. The van der Waals surface area contributed by atoms with Crippen LogP contribution in [-0.2, 0) is 18.4 Å². The molecule has 8 heteroatoms. The summed E-state index contributed by atoms with van der Waals surface area (Å²) in [5, 5.41) is 9.00. The molecule has 2 N–H and O–H groups in total. The Balaban J connectivity index is 2.16. The number of hydrogen-bond donors (Lipinski definition) is 2. The maximum atomic E-state index is 11.8. The van der Waals surface area contributed by atoms with Crippen molar-refractivity contribution in [3.05, 3.63) is 44.9 Å². The highest BCUT2D eigenvalue weighted by Crippen LogP contribution is 2.07. The first-order valence-electron chi connectivity index (χ1n) is 5.55. The van der Waals surface area contributed by atoms with Gasteiger partial charge in [-0.25, -0.2) is 4.79 Å². The van der Waals surface area contributed by atoms with Crippen LogP contribution in [0.4, 0.5) is 5.82 Å². The zero-order valence-electron chi connectivity index (χ0n) is 10.5. The highest BCUT2D eigenvalue weighted by Gasteiger charge is 2.09. The summed E-state index contributed by atoms with van der Waals surface area (Å²) in [6.45, 7) is 1.61. The molecule has 0 aliphatic heterocycles. The van der Waals surface area contributed by atoms with Crippen molar-refractivity contribution in [1.29, 1.82) is 0 Å². The van der Waals surface area contributed by atoms with Crippen LogP contribution >= 0.6 is 0 Å². The molecule has 8 nitrogen and oxygen atoms in total. The molecule has 2 heterocycles. The zero-order valence-corrected chi connectivity index (χ0v) is 10.5. The van der Waals surface area contributed by atoms with E-state index in [0.717, 1.165) is 14.7 Å². The van der Waals surface area contributed by atoms with E-state index in [0.29, 0.717) is 5.82 Å². The molecule has 100 valence electrons. The van der Waals surface area contributed by atoms with Gasteiger partial charge in [0.25, 0.3) is 5.56 Å². The molecule has 2 aromatic heterocycles. The van der Waals surface area contributed by atoms with Crippen LogP contribution in [0.15, 0.2) is 28.0 Å². The van der Waals surface area contributed by atoms with Gasteiger partial charge in [-0.15, -0.1) is 0 Å². The first kappa shape index (κ1) is 12.8. The monoisotopic (exact) mass is 263 g/mol. The van der Waals surface area contributed by atoms with E-state index < -0.39 is 11.2 Å². The summed E-state index contributed by atoms with van der Waals surface area (Å²) in [6, 6.07) is 1.23. The van der Waals surface area contributed by atoms with Crippen LogP contribution in [0.5, 0.6) is 0 Å². The van der Waals surface area contributed by atoms with Gasteiger partial charge in [0.05, 0.1) is 6.20 Å². The quantitative estimate of drug-likeness (QED) is 0.758. The van der Waals surface area contributed by atoms with E-state index in [9.17, 15) is 14.4 Å². The summed E-state index contributed by atoms with van der Waals surface area (Å²) >= 11 is 0. The summed E-state index contributed by atoms with van der Waals surface area (Å²) in [7, 11) is 1.36. The lowest BCUT2D eigenvalue weighted by Crippen LogP contribution is -2.39. The average molecular weight is 263 g/mol. The summed E-state index contributed by atoms with van der Waals surface area (Å²) in [4.78, 5) is 34.7. The fourth-order valence-corrected chi connectivity index (χ4v) is 1.54. The Kier molecular flexibility index (Phi) is 3.32. The predicted octanol–water partition coefficient (Wildman–Crippen LogP) is -0.783. The van der Waals surface area contributed by atoms with Crippen molar-refractivity contribution in [3.8, 4) is 0 Å². The number of carbonyl (C=O) groups is 1. The number of anilines is 1. The van der Waals surface area contributed by atoms with Crippen LogP contribution in [0.1, 0.15) is 5.56 Å². The van der Waals surface area contributed by atoms with Crippen molar-refractivity contribution < 1.29 is 4.79 Å². The van der Waals surface area contributed by atoms with Crippen molar-refractivity contribution >= 4 is 11.7 Å². The summed E-state index contributed by atoms with van der Waals surface area (Å²) < 4.78 is 2.09. The van der Waals surface area contributed by atoms with Crippen LogP contribution in [0.25, 0.3) is 0 Å². The lowest BCUT2D eigenvalue weighted by atomic mass is 10.4. The minimum atomic E-state index is -0.538. The van der Waals surface area contributed by atoms with Crippen molar-refractivity contribution in [2.24, 2.45) is 7.05 Å². The van der Waals surface area contributed by atoms with Gasteiger partial charge in [-0.3, -0.25) is 23.8 Å². The Morgan fingerprint density at radius 3 is 2.84 bits per heavy atom. The van der Waals surface area contributed by atoms with Gasteiger partial charge in [0, 0.05) is 24.9 Å². The Bertz CT molecular complexity index is 724. The maximum Gasteiger partial charge on any atom is 0.331 e. The molecule has 0 bridgehead atoms. The molecule has 0 fully saturated rings. The Morgan fingerprint density at radius 2 is 2.21 bits per heavy atom. The normalized spacial score (nSPS) is 10.4. The number of aryl methyl sites for hydroxylation is 1. The first-order chi connectivity index (χ1) is 8.99.